The van der Waals surface area contributed by atoms with Crippen LogP contribution in [0.3, 0.4) is 0 Å². The second-order valence-corrected chi connectivity index (χ2v) is 7.29. The van der Waals surface area contributed by atoms with Gasteiger partial charge in [-0.2, -0.15) is 9.57 Å². The Morgan fingerprint density at radius 1 is 1.19 bits per heavy atom. The number of rotatable bonds is 8. The van der Waals surface area contributed by atoms with Crippen molar-refractivity contribution in [3.8, 4) is 6.07 Å². The number of unbranched alkanes of at least 4 members (excludes halogenated alkanes) is 2. The van der Waals surface area contributed by atoms with Gasteiger partial charge >= 0.3 is 0 Å². The average molecular weight is 308 g/mol. The lowest BCUT2D eigenvalue weighted by Gasteiger charge is -2.26. The normalized spacial score (nSPS) is 11.8. The Morgan fingerprint density at radius 2 is 1.81 bits per heavy atom. The summed E-state index contributed by atoms with van der Waals surface area (Å²) < 4.78 is 27.0. The summed E-state index contributed by atoms with van der Waals surface area (Å²) in [7, 11) is -3.46. The van der Waals surface area contributed by atoms with E-state index in [4.69, 9.17) is 5.26 Å². The highest BCUT2D eigenvalue weighted by atomic mass is 32.2. The minimum atomic E-state index is -3.46. The lowest BCUT2D eigenvalue weighted by molar-refractivity contribution is 0.345. The van der Waals surface area contributed by atoms with Crippen molar-refractivity contribution < 1.29 is 8.42 Å². The molecule has 1 aromatic rings. The van der Waals surface area contributed by atoms with Gasteiger partial charge in [0.05, 0.1) is 17.4 Å². The Morgan fingerprint density at radius 3 is 2.29 bits per heavy atom. The van der Waals surface area contributed by atoms with Crippen molar-refractivity contribution in [1.29, 1.82) is 5.26 Å². The van der Waals surface area contributed by atoms with Gasteiger partial charge in [-0.25, -0.2) is 8.42 Å². The Balaban J connectivity index is 2.97. The van der Waals surface area contributed by atoms with Crippen LogP contribution in [-0.4, -0.2) is 25.3 Å². The summed E-state index contributed by atoms with van der Waals surface area (Å²) in [5, 5.41) is 8.65. The summed E-state index contributed by atoms with van der Waals surface area (Å²) >= 11 is 0. The highest BCUT2D eigenvalue weighted by Crippen LogP contribution is 2.20. The van der Waals surface area contributed by atoms with Crippen LogP contribution in [0.25, 0.3) is 0 Å². The van der Waals surface area contributed by atoms with E-state index >= 15 is 0 Å². The molecule has 1 aromatic carbocycles. The lowest BCUT2D eigenvalue weighted by atomic mass is 10.2. The summed E-state index contributed by atoms with van der Waals surface area (Å²) in [6.07, 6.45) is 3.26. The first-order chi connectivity index (χ1) is 9.93. The molecule has 0 aliphatic carbocycles. The third kappa shape index (κ3) is 4.83. The molecule has 0 fully saturated rings. The summed E-state index contributed by atoms with van der Waals surface area (Å²) in [6.45, 7) is 6.44. The largest absolute Gasteiger partial charge is 0.243 e. The van der Waals surface area contributed by atoms with E-state index in [-0.39, 0.29) is 6.04 Å². The molecule has 1 rings (SSSR count). The van der Waals surface area contributed by atoms with Crippen molar-refractivity contribution in [1.82, 2.24) is 4.31 Å². The molecular weight excluding hydrogens is 284 g/mol. The highest BCUT2D eigenvalue weighted by molar-refractivity contribution is 7.89. The first kappa shape index (κ1) is 17.7. The molecule has 0 saturated carbocycles. The van der Waals surface area contributed by atoms with Crippen LogP contribution in [-0.2, 0) is 16.4 Å². The molecule has 0 aliphatic heterocycles. The van der Waals surface area contributed by atoms with Crippen LogP contribution in [0.15, 0.2) is 29.2 Å². The van der Waals surface area contributed by atoms with Gasteiger partial charge in [-0.3, -0.25) is 0 Å². The maximum Gasteiger partial charge on any atom is 0.243 e. The first-order valence-electron chi connectivity index (χ1n) is 7.41. The van der Waals surface area contributed by atoms with Gasteiger partial charge in [-0.05, 0) is 38.0 Å². The fourth-order valence-electron chi connectivity index (χ4n) is 2.18. The van der Waals surface area contributed by atoms with E-state index < -0.39 is 10.0 Å². The molecule has 0 heterocycles. The number of nitriles is 1. The van der Waals surface area contributed by atoms with Crippen molar-refractivity contribution in [2.24, 2.45) is 0 Å². The molecule has 0 radical (unpaired) electrons. The van der Waals surface area contributed by atoms with Crippen LogP contribution in [0.2, 0.25) is 0 Å². The van der Waals surface area contributed by atoms with Gasteiger partial charge in [0, 0.05) is 12.6 Å². The van der Waals surface area contributed by atoms with Crippen LogP contribution in [0, 0.1) is 11.3 Å². The van der Waals surface area contributed by atoms with Gasteiger partial charge in [0.25, 0.3) is 0 Å². The molecule has 116 valence electrons. The molecule has 5 heteroatoms. The van der Waals surface area contributed by atoms with Gasteiger partial charge < -0.3 is 0 Å². The summed E-state index contributed by atoms with van der Waals surface area (Å²) in [4.78, 5) is 0.300. The Kier molecular flexibility index (Phi) is 6.86. The highest BCUT2D eigenvalue weighted by Gasteiger charge is 2.26. The Hall–Kier alpha value is -1.38. The van der Waals surface area contributed by atoms with Crippen molar-refractivity contribution in [2.75, 3.05) is 6.54 Å². The van der Waals surface area contributed by atoms with Crippen molar-refractivity contribution >= 4 is 10.0 Å². The topological polar surface area (TPSA) is 61.2 Å². The monoisotopic (exact) mass is 308 g/mol. The quantitative estimate of drug-likeness (QED) is 0.692. The lowest BCUT2D eigenvalue weighted by Crippen LogP contribution is -2.37. The van der Waals surface area contributed by atoms with Gasteiger partial charge in [0.15, 0.2) is 0 Å². The minimum Gasteiger partial charge on any atom is -0.207 e. The molecule has 0 spiro atoms. The fourth-order valence-corrected chi connectivity index (χ4v) is 3.85. The molecule has 21 heavy (non-hydrogen) atoms. The number of hydrogen-bond acceptors (Lipinski definition) is 3. The number of benzene rings is 1. The van der Waals surface area contributed by atoms with Crippen molar-refractivity contribution in [3.63, 3.8) is 0 Å². The van der Waals surface area contributed by atoms with E-state index in [9.17, 15) is 8.42 Å². The van der Waals surface area contributed by atoms with Gasteiger partial charge in [0.1, 0.15) is 0 Å². The average Bonchev–Trinajstić information content (AvgIpc) is 2.44. The van der Waals surface area contributed by atoms with E-state index in [1.165, 1.54) is 0 Å². The molecule has 0 saturated heterocycles. The van der Waals surface area contributed by atoms with E-state index in [2.05, 4.69) is 13.0 Å². The van der Waals surface area contributed by atoms with E-state index in [0.29, 0.717) is 17.9 Å². The van der Waals surface area contributed by atoms with Gasteiger partial charge in [-0.1, -0.05) is 31.9 Å². The summed E-state index contributed by atoms with van der Waals surface area (Å²) in [6, 6.07) is 8.60. The molecule has 0 N–H and O–H groups in total. The predicted octanol–water partition coefficient (Wildman–Crippen LogP) is 3.34. The third-order valence-corrected chi connectivity index (χ3v) is 5.46. The minimum absolute atomic E-state index is 0.0642. The van der Waals surface area contributed by atoms with E-state index in [1.807, 2.05) is 13.8 Å². The molecule has 0 atom stereocenters. The SMILES string of the molecule is CCCCCN(C(C)C)S(=O)(=O)c1ccc(CC#N)cc1. The van der Waals surface area contributed by atoms with Gasteiger partial charge in [-0.15, -0.1) is 0 Å². The third-order valence-electron chi connectivity index (χ3n) is 3.37. The second-order valence-electron chi connectivity index (χ2n) is 5.40. The van der Waals surface area contributed by atoms with Crippen molar-refractivity contribution in [3.05, 3.63) is 29.8 Å². The molecule has 0 bridgehead atoms. The molecular formula is C16H24N2O2S. The maximum absolute atomic E-state index is 12.7. The molecule has 0 unspecified atom stereocenters. The van der Waals surface area contributed by atoms with Crippen LogP contribution in [0.1, 0.15) is 45.6 Å². The number of nitrogens with zero attached hydrogens (tertiary/aromatic N) is 2. The van der Waals surface area contributed by atoms with Crippen LogP contribution < -0.4 is 0 Å². The smallest absolute Gasteiger partial charge is 0.207 e. The first-order valence-corrected chi connectivity index (χ1v) is 8.85. The van der Waals surface area contributed by atoms with Crippen molar-refractivity contribution in [2.45, 2.75) is 57.4 Å². The number of sulfonamides is 1. The fraction of sp³-hybridized carbons (Fsp3) is 0.562. The maximum atomic E-state index is 12.7. The zero-order valence-electron chi connectivity index (χ0n) is 13.0. The molecule has 4 nitrogen and oxygen atoms in total. The molecule has 0 aliphatic rings. The molecule has 0 amide bonds. The Bertz CT molecular complexity index is 571. The zero-order valence-corrected chi connectivity index (χ0v) is 13.9. The standard InChI is InChI=1S/C16H24N2O2S/c1-4-5-6-13-18(14(2)3)21(19,20)16-9-7-15(8-10-16)11-12-17/h7-10,14H,4-6,11,13H2,1-3H3. The molecule has 0 aromatic heterocycles. The summed E-state index contributed by atoms with van der Waals surface area (Å²) in [5.74, 6) is 0. The zero-order chi connectivity index (χ0) is 15.9. The predicted molar refractivity (Wildman–Crippen MR) is 84.3 cm³/mol. The van der Waals surface area contributed by atoms with E-state index in [1.54, 1.807) is 28.6 Å². The van der Waals surface area contributed by atoms with Crippen LogP contribution in [0.5, 0.6) is 0 Å². The summed E-state index contributed by atoms with van der Waals surface area (Å²) in [5.41, 5.74) is 0.832. The van der Waals surface area contributed by atoms with Crippen LogP contribution >= 0.6 is 0 Å². The van der Waals surface area contributed by atoms with E-state index in [0.717, 1.165) is 24.8 Å². The second kappa shape index (κ2) is 8.16. The Labute approximate surface area is 128 Å². The van der Waals surface area contributed by atoms with Crippen LogP contribution in [0.4, 0.5) is 0 Å². The number of hydrogen-bond donors (Lipinski definition) is 0. The van der Waals surface area contributed by atoms with Gasteiger partial charge in [0.2, 0.25) is 10.0 Å².